The van der Waals surface area contributed by atoms with E-state index in [-0.39, 0.29) is 41.3 Å². The third-order valence-corrected chi connectivity index (χ3v) is 10.6. The molecule has 1 aromatic heterocycles. The Labute approximate surface area is 213 Å². The number of likely N-dealkylation sites (N-methyl/N-ethyl adjacent to an activating group) is 1. The maximum Gasteiger partial charge on any atom is 0.261 e. The van der Waals surface area contributed by atoms with Gasteiger partial charge in [-0.2, -0.15) is 8.61 Å². The van der Waals surface area contributed by atoms with Crippen LogP contribution in [0.4, 0.5) is 0 Å². The van der Waals surface area contributed by atoms with Gasteiger partial charge in [0.1, 0.15) is 16.7 Å². The number of aromatic nitrogens is 2. The molecule has 0 amide bonds. The monoisotopic (exact) mass is 538 g/mol. The number of aliphatic hydroxyl groups is 1. The van der Waals surface area contributed by atoms with Crippen LogP contribution in [0, 0.1) is 5.92 Å². The molecule has 0 spiro atoms. The minimum Gasteiger partial charge on any atom is -0.487 e. The molecule has 1 aromatic carbocycles. The summed E-state index contributed by atoms with van der Waals surface area (Å²) in [7, 11) is -4.69. The van der Waals surface area contributed by atoms with Crippen molar-refractivity contribution >= 4 is 25.6 Å². The summed E-state index contributed by atoms with van der Waals surface area (Å²) in [5, 5.41) is 9.74. The van der Waals surface area contributed by atoms with Crippen molar-refractivity contribution in [1.29, 1.82) is 0 Å². The Morgan fingerprint density at radius 2 is 2.08 bits per heavy atom. The average Bonchev–Trinajstić information content (AvgIpc) is 3.53. The van der Waals surface area contributed by atoms with Gasteiger partial charge in [0.25, 0.3) is 10.0 Å². The molecule has 0 bridgehead atoms. The molecule has 10 nitrogen and oxygen atoms in total. The molecule has 0 unspecified atom stereocenters. The van der Waals surface area contributed by atoms with Gasteiger partial charge in [-0.3, -0.25) is 0 Å². The largest absolute Gasteiger partial charge is 0.487 e. The zero-order chi connectivity index (χ0) is 26.3. The molecule has 0 fully saturated rings. The summed E-state index contributed by atoms with van der Waals surface area (Å²) in [6.07, 6.45) is 7.28. The second-order valence-corrected chi connectivity index (χ2v) is 13.5. The number of aliphatic hydroxyl groups excluding tert-OH is 1. The maximum atomic E-state index is 13.6. The lowest BCUT2D eigenvalue weighted by atomic mass is 10.0. The number of benzene rings is 1. The van der Waals surface area contributed by atoms with E-state index in [1.807, 2.05) is 6.92 Å². The fraction of sp³-hybridized carbons (Fsp3) is 0.542. The van der Waals surface area contributed by atoms with Crippen LogP contribution in [0.25, 0.3) is 5.57 Å². The van der Waals surface area contributed by atoms with E-state index in [1.165, 1.54) is 28.2 Å². The number of hydrogen-bond donors (Lipinski definition) is 1. The van der Waals surface area contributed by atoms with Gasteiger partial charge in [0.15, 0.2) is 5.03 Å². The van der Waals surface area contributed by atoms with Gasteiger partial charge in [0, 0.05) is 38.8 Å². The Morgan fingerprint density at radius 3 is 2.69 bits per heavy atom. The fourth-order valence-corrected chi connectivity index (χ4v) is 7.58. The molecule has 1 N–H and O–H groups in total. The van der Waals surface area contributed by atoms with Crippen LogP contribution in [-0.2, 0) is 27.1 Å². The van der Waals surface area contributed by atoms with E-state index < -0.39 is 32.2 Å². The minimum absolute atomic E-state index is 0.00612. The van der Waals surface area contributed by atoms with Gasteiger partial charge >= 0.3 is 0 Å². The van der Waals surface area contributed by atoms with E-state index in [0.29, 0.717) is 0 Å². The van der Waals surface area contributed by atoms with Crippen LogP contribution in [0.2, 0.25) is 0 Å². The summed E-state index contributed by atoms with van der Waals surface area (Å²) in [6.45, 7) is 3.20. The summed E-state index contributed by atoms with van der Waals surface area (Å²) < 4.78 is 63.9. The lowest BCUT2D eigenvalue weighted by Gasteiger charge is -2.37. The van der Waals surface area contributed by atoms with E-state index in [1.54, 1.807) is 36.7 Å². The number of hydrogen-bond acceptors (Lipinski definition) is 7. The standard InChI is InChI=1S/C24H34N4O6S2/c1-17-12-28(18(2)15-29)35(30,31)23-10-9-20(19-7-5-6-8-19)11-21(23)34-22(17)13-27(4)36(32,33)24-14-26(3)16-25-24/h7,9-11,14,16-18,22,29H,5-6,8,12-13,15H2,1-4H3/t17-,18+,22+/m0/s1. The van der Waals surface area contributed by atoms with Gasteiger partial charge in [-0.1, -0.05) is 19.1 Å². The van der Waals surface area contributed by atoms with Crippen molar-refractivity contribution in [2.45, 2.75) is 55.2 Å². The van der Waals surface area contributed by atoms with E-state index in [9.17, 15) is 21.9 Å². The van der Waals surface area contributed by atoms with Crippen LogP contribution < -0.4 is 4.74 Å². The Morgan fingerprint density at radius 1 is 1.33 bits per heavy atom. The number of fused-ring (bicyclic) bond motifs is 1. The van der Waals surface area contributed by atoms with Crippen LogP contribution in [-0.4, -0.2) is 79.0 Å². The highest BCUT2D eigenvalue weighted by atomic mass is 32.2. The third-order valence-electron chi connectivity index (χ3n) is 6.87. The molecule has 0 radical (unpaired) electrons. The van der Waals surface area contributed by atoms with E-state index in [2.05, 4.69) is 11.1 Å². The SMILES string of the molecule is C[C@H](CO)N1C[C@H](C)[C@@H](CN(C)S(=O)(=O)c2cn(C)cn2)Oc2cc(C3=CCCC3)ccc2S1(=O)=O. The number of ether oxygens (including phenoxy) is 1. The summed E-state index contributed by atoms with van der Waals surface area (Å²) in [5.74, 6) is -0.187. The van der Waals surface area contributed by atoms with Gasteiger partial charge < -0.3 is 14.4 Å². The Balaban J connectivity index is 1.74. The first-order valence-electron chi connectivity index (χ1n) is 12.0. The molecule has 1 aliphatic carbocycles. The summed E-state index contributed by atoms with van der Waals surface area (Å²) >= 11 is 0. The molecule has 198 valence electrons. The second kappa shape index (κ2) is 10.3. The first kappa shape index (κ1) is 26.8. The molecule has 0 saturated heterocycles. The zero-order valence-corrected chi connectivity index (χ0v) is 22.7. The van der Waals surface area contributed by atoms with Crippen molar-refractivity contribution in [3.05, 3.63) is 42.4 Å². The number of aryl methyl sites for hydroxylation is 1. The van der Waals surface area contributed by atoms with Crippen molar-refractivity contribution in [2.24, 2.45) is 13.0 Å². The number of rotatable bonds is 7. The van der Waals surface area contributed by atoms with Crippen molar-refractivity contribution in [2.75, 3.05) is 26.7 Å². The predicted octanol–water partition coefficient (Wildman–Crippen LogP) is 2.08. The summed E-state index contributed by atoms with van der Waals surface area (Å²) in [4.78, 5) is 3.99. The molecular weight excluding hydrogens is 504 g/mol. The quantitative estimate of drug-likeness (QED) is 0.573. The second-order valence-electron chi connectivity index (χ2n) is 9.69. The van der Waals surface area contributed by atoms with E-state index >= 15 is 0 Å². The van der Waals surface area contributed by atoms with Crippen molar-refractivity contribution in [1.82, 2.24) is 18.2 Å². The fourth-order valence-electron chi connectivity index (χ4n) is 4.61. The average molecular weight is 539 g/mol. The Bertz CT molecular complexity index is 1350. The number of nitrogens with zero attached hydrogens (tertiary/aromatic N) is 4. The first-order valence-corrected chi connectivity index (χ1v) is 14.9. The highest BCUT2D eigenvalue weighted by Crippen LogP contribution is 2.37. The van der Waals surface area contributed by atoms with E-state index in [4.69, 9.17) is 4.74 Å². The van der Waals surface area contributed by atoms with Crippen LogP contribution in [0.1, 0.15) is 38.7 Å². The van der Waals surface area contributed by atoms with Crippen LogP contribution in [0.5, 0.6) is 5.75 Å². The molecule has 12 heteroatoms. The first-order chi connectivity index (χ1) is 16.9. The third kappa shape index (κ3) is 5.10. The van der Waals surface area contributed by atoms with E-state index in [0.717, 1.165) is 30.4 Å². The molecule has 2 aliphatic rings. The number of imidazole rings is 1. The van der Waals surface area contributed by atoms with Crippen molar-refractivity contribution in [3.63, 3.8) is 0 Å². The molecular formula is C24H34N4O6S2. The minimum atomic E-state index is -3.96. The van der Waals surface area contributed by atoms with Gasteiger partial charge in [-0.25, -0.2) is 21.8 Å². The Hall–Kier alpha value is -2.25. The Kier molecular flexibility index (Phi) is 7.63. The molecule has 2 aromatic rings. The zero-order valence-electron chi connectivity index (χ0n) is 21.0. The highest BCUT2D eigenvalue weighted by molar-refractivity contribution is 7.89. The number of allylic oxidation sites excluding steroid dienone is 2. The number of sulfonamides is 2. The van der Waals surface area contributed by atoms with Crippen LogP contribution in [0.3, 0.4) is 0 Å². The van der Waals surface area contributed by atoms with Gasteiger partial charge in [0.05, 0.1) is 19.5 Å². The topological polar surface area (TPSA) is 122 Å². The lowest BCUT2D eigenvalue weighted by Crippen LogP contribution is -2.50. The van der Waals surface area contributed by atoms with Gasteiger partial charge in [-0.05, 0) is 49.5 Å². The summed E-state index contributed by atoms with van der Waals surface area (Å²) in [6, 6.07) is 4.43. The summed E-state index contributed by atoms with van der Waals surface area (Å²) in [5.41, 5.74) is 2.03. The van der Waals surface area contributed by atoms with Gasteiger partial charge in [0.2, 0.25) is 10.0 Å². The highest BCUT2D eigenvalue weighted by Gasteiger charge is 2.39. The molecule has 0 saturated carbocycles. The molecule has 2 heterocycles. The molecule has 1 aliphatic heterocycles. The van der Waals surface area contributed by atoms with Crippen LogP contribution in [0.15, 0.2) is 46.7 Å². The predicted molar refractivity (Wildman–Crippen MR) is 135 cm³/mol. The van der Waals surface area contributed by atoms with Gasteiger partial charge in [-0.15, -0.1) is 0 Å². The van der Waals surface area contributed by atoms with Crippen molar-refractivity contribution < 1.29 is 26.7 Å². The molecule has 36 heavy (non-hydrogen) atoms. The smallest absolute Gasteiger partial charge is 0.261 e. The van der Waals surface area contributed by atoms with Crippen LogP contribution >= 0.6 is 0 Å². The van der Waals surface area contributed by atoms with Crippen molar-refractivity contribution in [3.8, 4) is 5.75 Å². The molecule has 3 atom stereocenters. The lowest BCUT2D eigenvalue weighted by molar-refractivity contribution is 0.0904. The molecule has 4 rings (SSSR count). The maximum absolute atomic E-state index is 13.6. The normalized spacial score (nSPS) is 23.4.